The molecule has 0 spiro atoms. The highest BCUT2D eigenvalue weighted by Crippen LogP contribution is 2.33. The number of aryl methyl sites for hydroxylation is 2. The number of pyridine rings is 1. The van der Waals surface area contributed by atoms with Gasteiger partial charge in [-0.3, -0.25) is 0 Å². The molecule has 0 aliphatic heterocycles. The molecule has 9 heteroatoms. The molecule has 2 aromatic carbocycles. The molecule has 4 aromatic rings. The molecule has 0 aliphatic carbocycles. The Kier molecular flexibility index (Phi) is 7.60. The molecule has 0 saturated carbocycles. The van der Waals surface area contributed by atoms with Crippen molar-refractivity contribution >= 4 is 17.4 Å². The van der Waals surface area contributed by atoms with E-state index in [4.69, 9.17) is 14.2 Å². The Hall–Kier alpha value is -4.66. The first-order valence-corrected chi connectivity index (χ1v) is 11.4. The van der Waals surface area contributed by atoms with Crippen molar-refractivity contribution in [3.05, 3.63) is 78.4 Å². The number of aromatic nitrogens is 3. The Morgan fingerprint density at radius 2 is 1.75 bits per heavy atom. The number of carbonyl (C=O) groups is 1. The molecule has 184 valence electrons. The highest BCUT2D eigenvalue weighted by Gasteiger charge is 2.14. The average Bonchev–Trinajstić information content (AvgIpc) is 2.90. The number of amides is 2. The van der Waals surface area contributed by atoms with Crippen molar-refractivity contribution in [1.82, 2.24) is 15.0 Å². The fraction of sp³-hybridized carbons (Fsp3) is 0.185. The van der Waals surface area contributed by atoms with Gasteiger partial charge < -0.3 is 24.8 Å². The zero-order valence-corrected chi connectivity index (χ0v) is 20.5. The van der Waals surface area contributed by atoms with Crippen molar-refractivity contribution in [2.75, 3.05) is 24.9 Å². The Labute approximate surface area is 209 Å². The van der Waals surface area contributed by atoms with Gasteiger partial charge in [0, 0.05) is 30.6 Å². The monoisotopic (exact) mass is 485 g/mol. The Bertz CT molecular complexity index is 1380. The summed E-state index contributed by atoms with van der Waals surface area (Å²) in [6, 6.07) is 15.7. The van der Waals surface area contributed by atoms with E-state index < -0.39 is 6.03 Å². The van der Waals surface area contributed by atoms with Gasteiger partial charge in [0.2, 0.25) is 5.88 Å². The average molecular weight is 486 g/mol. The fourth-order valence-electron chi connectivity index (χ4n) is 3.53. The van der Waals surface area contributed by atoms with Gasteiger partial charge in [-0.05, 0) is 61.0 Å². The number of methoxy groups -OCH3 is 2. The first kappa shape index (κ1) is 24.5. The largest absolute Gasteiger partial charge is 0.497 e. The Morgan fingerprint density at radius 1 is 0.917 bits per heavy atom. The second kappa shape index (κ2) is 11.2. The van der Waals surface area contributed by atoms with E-state index in [1.807, 2.05) is 38.1 Å². The molecule has 4 rings (SSSR count). The molecule has 0 atom stereocenters. The van der Waals surface area contributed by atoms with Gasteiger partial charge in [-0.15, -0.1) is 0 Å². The summed E-state index contributed by atoms with van der Waals surface area (Å²) in [5, 5.41) is 5.61. The van der Waals surface area contributed by atoms with Crippen LogP contribution in [-0.2, 0) is 6.42 Å². The lowest BCUT2D eigenvalue weighted by atomic mass is 10.1. The number of benzene rings is 2. The molecule has 36 heavy (non-hydrogen) atoms. The smallest absolute Gasteiger partial charge is 0.323 e. The summed E-state index contributed by atoms with van der Waals surface area (Å²) in [5.41, 5.74) is 3.42. The van der Waals surface area contributed by atoms with Crippen LogP contribution in [0.2, 0.25) is 0 Å². The molecule has 9 nitrogen and oxygen atoms in total. The van der Waals surface area contributed by atoms with E-state index in [0.29, 0.717) is 34.5 Å². The molecule has 0 aliphatic rings. The van der Waals surface area contributed by atoms with Crippen LogP contribution in [0.25, 0.3) is 11.3 Å². The Balaban J connectivity index is 1.49. The lowest BCUT2D eigenvalue weighted by molar-refractivity contribution is 0.262. The third-order valence-electron chi connectivity index (χ3n) is 5.36. The van der Waals surface area contributed by atoms with Gasteiger partial charge in [0.05, 0.1) is 31.2 Å². The quantitative estimate of drug-likeness (QED) is 0.322. The molecular weight excluding hydrogens is 458 g/mol. The van der Waals surface area contributed by atoms with Gasteiger partial charge in [0.25, 0.3) is 0 Å². The van der Waals surface area contributed by atoms with E-state index in [1.54, 1.807) is 49.8 Å². The van der Waals surface area contributed by atoms with Gasteiger partial charge in [-0.25, -0.2) is 19.7 Å². The van der Waals surface area contributed by atoms with E-state index in [2.05, 4.69) is 25.6 Å². The number of carbonyl (C=O) groups excluding carboxylic acids is 1. The van der Waals surface area contributed by atoms with Crippen molar-refractivity contribution < 1.29 is 19.0 Å². The van der Waals surface area contributed by atoms with E-state index >= 15 is 0 Å². The summed E-state index contributed by atoms with van der Waals surface area (Å²) in [4.78, 5) is 25.9. The van der Waals surface area contributed by atoms with Crippen molar-refractivity contribution in [2.45, 2.75) is 20.3 Å². The van der Waals surface area contributed by atoms with Crippen molar-refractivity contribution in [3.8, 4) is 34.4 Å². The molecule has 2 N–H and O–H groups in total. The maximum atomic E-state index is 12.6. The van der Waals surface area contributed by atoms with E-state index in [9.17, 15) is 4.79 Å². The van der Waals surface area contributed by atoms with Crippen LogP contribution in [0, 0.1) is 6.92 Å². The third kappa shape index (κ3) is 5.69. The van der Waals surface area contributed by atoms with Crippen molar-refractivity contribution in [3.63, 3.8) is 0 Å². The molecular formula is C27H27N5O4. The van der Waals surface area contributed by atoms with Gasteiger partial charge in [-0.1, -0.05) is 6.92 Å². The zero-order chi connectivity index (χ0) is 25.5. The number of hydrogen-bond acceptors (Lipinski definition) is 7. The van der Waals surface area contributed by atoms with Crippen LogP contribution in [0.3, 0.4) is 0 Å². The zero-order valence-electron chi connectivity index (χ0n) is 20.5. The van der Waals surface area contributed by atoms with Crippen LogP contribution in [-0.4, -0.2) is 35.2 Å². The predicted octanol–water partition coefficient (Wildman–Crippen LogP) is 5.86. The van der Waals surface area contributed by atoms with Gasteiger partial charge >= 0.3 is 6.03 Å². The number of urea groups is 1. The minimum absolute atomic E-state index is 0.419. The van der Waals surface area contributed by atoms with Crippen LogP contribution in [0.1, 0.15) is 18.3 Å². The highest BCUT2D eigenvalue weighted by molar-refractivity contribution is 6.01. The SMILES string of the molecule is CCc1nccc(-c2cccnc2Oc2ccc(NC(=O)Nc3cc(OC)ccc3OC)cc2C)n1. The van der Waals surface area contributed by atoms with Crippen LogP contribution in [0.5, 0.6) is 23.1 Å². The second-order valence-corrected chi connectivity index (χ2v) is 7.80. The number of anilines is 2. The normalized spacial score (nSPS) is 10.4. The number of nitrogens with zero attached hydrogens (tertiary/aromatic N) is 3. The van der Waals surface area contributed by atoms with Crippen LogP contribution in [0.4, 0.5) is 16.2 Å². The van der Waals surface area contributed by atoms with Crippen LogP contribution >= 0.6 is 0 Å². The van der Waals surface area contributed by atoms with E-state index in [0.717, 1.165) is 29.1 Å². The highest BCUT2D eigenvalue weighted by atomic mass is 16.5. The fourth-order valence-corrected chi connectivity index (χ4v) is 3.53. The van der Waals surface area contributed by atoms with Crippen LogP contribution in [0.15, 0.2) is 67.0 Å². The maximum absolute atomic E-state index is 12.6. The van der Waals surface area contributed by atoms with Gasteiger partial charge in [-0.2, -0.15) is 0 Å². The van der Waals surface area contributed by atoms with E-state index in [1.165, 1.54) is 7.11 Å². The summed E-state index contributed by atoms with van der Waals surface area (Å²) in [5.74, 6) is 2.92. The van der Waals surface area contributed by atoms with Crippen LogP contribution < -0.4 is 24.8 Å². The summed E-state index contributed by atoms with van der Waals surface area (Å²) in [6.07, 6.45) is 4.13. The van der Waals surface area contributed by atoms with Crippen molar-refractivity contribution in [1.29, 1.82) is 0 Å². The molecule has 0 unspecified atom stereocenters. The maximum Gasteiger partial charge on any atom is 0.323 e. The number of rotatable bonds is 8. The minimum Gasteiger partial charge on any atom is -0.497 e. The molecule has 0 bridgehead atoms. The summed E-state index contributed by atoms with van der Waals surface area (Å²) < 4.78 is 16.7. The number of ether oxygens (including phenoxy) is 3. The summed E-state index contributed by atoms with van der Waals surface area (Å²) >= 11 is 0. The minimum atomic E-state index is -0.419. The molecule has 2 amide bonds. The van der Waals surface area contributed by atoms with Crippen molar-refractivity contribution in [2.24, 2.45) is 0 Å². The first-order chi connectivity index (χ1) is 17.5. The molecule has 2 aromatic heterocycles. The van der Waals surface area contributed by atoms with Gasteiger partial charge in [0.15, 0.2) is 0 Å². The third-order valence-corrected chi connectivity index (χ3v) is 5.36. The standard InChI is InChI=1S/C27H27N5O4/c1-5-25-28-14-12-21(31-25)20-7-6-13-29-26(20)36-23-10-8-18(15-17(23)2)30-27(33)32-22-16-19(34-3)9-11-24(22)35-4/h6-16H,5H2,1-4H3,(H2,30,32,33). The molecule has 0 fully saturated rings. The molecule has 2 heterocycles. The lowest BCUT2D eigenvalue weighted by Gasteiger charge is -2.14. The first-order valence-electron chi connectivity index (χ1n) is 11.4. The Morgan fingerprint density at radius 3 is 2.50 bits per heavy atom. The number of nitrogens with one attached hydrogen (secondary N) is 2. The molecule has 0 radical (unpaired) electrons. The second-order valence-electron chi connectivity index (χ2n) is 7.80. The van der Waals surface area contributed by atoms with E-state index in [-0.39, 0.29) is 0 Å². The number of hydrogen-bond donors (Lipinski definition) is 2. The summed E-state index contributed by atoms with van der Waals surface area (Å²) in [7, 11) is 3.09. The van der Waals surface area contributed by atoms with Gasteiger partial charge in [0.1, 0.15) is 23.1 Å². The summed E-state index contributed by atoms with van der Waals surface area (Å²) in [6.45, 7) is 3.90. The predicted molar refractivity (Wildman–Crippen MR) is 138 cm³/mol. The topological polar surface area (TPSA) is 107 Å². The molecule has 0 saturated heterocycles. The lowest BCUT2D eigenvalue weighted by Crippen LogP contribution is -2.20.